The summed E-state index contributed by atoms with van der Waals surface area (Å²) < 4.78 is 2.29. The van der Waals surface area contributed by atoms with Gasteiger partial charge in [0.05, 0.1) is 0 Å². The van der Waals surface area contributed by atoms with E-state index >= 15 is 0 Å². The Hall–Kier alpha value is -1.23. The highest BCUT2D eigenvalue weighted by Gasteiger charge is 2.11. The van der Waals surface area contributed by atoms with Crippen molar-refractivity contribution >= 4 is 37.4 Å². The number of pyridine rings is 1. The normalized spacial score (nSPS) is 12.7. The molecular weight excluding hydrogens is 320 g/mol. The summed E-state index contributed by atoms with van der Waals surface area (Å²) in [5.74, 6) is 0. The van der Waals surface area contributed by atoms with Crippen LogP contribution in [0.1, 0.15) is 16.5 Å². The molecule has 2 heterocycles. The number of thiophene rings is 1. The first-order chi connectivity index (χ1) is 9.22. The predicted octanol–water partition coefficient (Wildman–Crippen LogP) is 4.30. The van der Waals surface area contributed by atoms with Gasteiger partial charge < -0.3 is 5.73 Å². The average molecular weight is 333 g/mol. The predicted molar refractivity (Wildman–Crippen MR) is 84.4 cm³/mol. The molecule has 0 radical (unpaired) electrons. The van der Waals surface area contributed by atoms with Crippen LogP contribution in [-0.4, -0.2) is 4.98 Å². The van der Waals surface area contributed by atoms with E-state index in [9.17, 15) is 0 Å². The van der Waals surface area contributed by atoms with Crippen LogP contribution in [0.4, 0.5) is 0 Å². The second kappa shape index (κ2) is 5.41. The SMILES string of the molecule is NC(Cc1cncc(Br)c1)c1cc2ccccc2s1. The van der Waals surface area contributed by atoms with Crippen LogP contribution in [0.2, 0.25) is 0 Å². The van der Waals surface area contributed by atoms with Crippen molar-refractivity contribution < 1.29 is 0 Å². The van der Waals surface area contributed by atoms with E-state index in [2.05, 4.69) is 57.3 Å². The molecule has 3 aromatic rings. The van der Waals surface area contributed by atoms with Crippen LogP contribution in [-0.2, 0) is 6.42 Å². The highest BCUT2D eigenvalue weighted by molar-refractivity contribution is 9.10. The lowest BCUT2D eigenvalue weighted by Crippen LogP contribution is -2.11. The summed E-state index contributed by atoms with van der Waals surface area (Å²) >= 11 is 5.21. The molecule has 0 amide bonds. The van der Waals surface area contributed by atoms with Crippen molar-refractivity contribution in [1.29, 1.82) is 0 Å². The molecule has 0 bridgehead atoms. The van der Waals surface area contributed by atoms with Gasteiger partial charge in [-0.05, 0) is 51.5 Å². The van der Waals surface area contributed by atoms with E-state index in [0.29, 0.717) is 0 Å². The van der Waals surface area contributed by atoms with Crippen molar-refractivity contribution in [2.45, 2.75) is 12.5 Å². The molecule has 2 aromatic heterocycles. The smallest absolute Gasteiger partial charge is 0.0431 e. The molecule has 1 unspecified atom stereocenters. The van der Waals surface area contributed by atoms with Crippen molar-refractivity contribution in [2.75, 3.05) is 0 Å². The summed E-state index contributed by atoms with van der Waals surface area (Å²) in [6.45, 7) is 0. The maximum Gasteiger partial charge on any atom is 0.0431 e. The number of nitrogens with zero attached hydrogens (tertiary/aromatic N) is 1. The molecule has 2 N–H and O–H groups in total. The lowest BCUT2D eigenvalue weighted by Gasteiger charge is -2.09. The maximum absolute atomic E-state index is 6.31. The molecule has 0 aliphatic heterocycles. The van der Waals surface area contributed by atoms with Gasteiger partial charge in [0.25, 0.3) is 0 Å². The molecule has 0 spiro atoms. The van der Waals surface area contributed by atoms with Gasteiger partial charge in [-0.2, -0.15) is 0 Å². The molecule has 1 atom stereocenters. The third-order valence-electron chi connectivity index (χ3n) is 3.03. The lowest BCUT2D eigenvalue weighted by molar-refractivity contribution is 0.734. The summed E-state index contributed by atoms with van der Waals surface area (Å²) in [5, 5.41) is 1.27. The Balaban J connectivity index is 1.85. The number of nitrogens with two attached hydrogens (primary N) is 1. The molecule has 4 heteroatoms. The molecule has 0 fully saturated rings. The van der Waals surface area contributed by atoms with E-state index in [4.69, 9.17) is 5.73 Å². The first-order valence-corrected chi connectivity index (χ1v) is 7.67. The van der Waals surface area contributed by atoms with E-state index in [0.717, 1.165) is 16.5 Å². The van der Waals surface area contributed by atoms with Crippen LogP contribution < -0.4 is 5.73 Å². The zero-order chi connectivity index (χ0) is 13.2. The fraction of sp³-hybridized carbons (Fsp3) is 0.133. The minimum absolute atomic E-state index is 0.0218. The number of fused-ring (bicyclic) bond motifs is 1. The molecule has 0 aliphatic rings. The first-order valence-electron chi connectivity index (χ1n) is 6.06. The fourth-order valence-corrected chi connectivity index (χ4v) is 3.59. The van der Waals surface area contributed by atoms with Gasteiger partial charge in [-0.3, -0.25) is 4.98 Å². The zero-order valence-corrected chi connectivity index (χ0v) is 12.6. The standard InChI is InChI=1S/C15H13BrN2S/c16-12-5-10(8-18-9-12)6-13(17)15-7-11-3-1-2-4-14(11)19-15/h1-5,7-9,13H,6,17H2. The highest BCUT2D eigenvalue weighted by Crippen LogP contribution is 2.30. The van der Waals surface area contributed by atoms with Gasteiger partial charge in [0.1, 0.15) is 0 Å². The van der Waals surface area contributed by atoms with Crippen molar-refractivity contribution in [1.82, 2.24) is 4.98 Å². The molecule has 0 saturated carbocycles. The topological polar surface area (TPSA) is 38.9 Å². The molecule has 0 saturated heterocycles. The number of benzene rings is 1. The highest BCUT2D eigenvalue weighted by atomic mass is 79.9. The third-order valence-corrected chi connectivity index (χ3v) is 4.71. The molecule has 1 aromatic carbocycles. The van der Waals surface area contributed by atoms with Crippen molar-refractivity contribution in [3.63, 3.8) is 0 Å². The number of halogens is 1. The van der Waals surface area contributed by atoms with Gasteiger partial charge in [-0.1, -0.05) is 18.2 Å². The van der Waals surface area contributed by atoms with Crippen LogP contribution in [0.5, 0.6) is 0 Å². The minimum atomic E-state index is 0.0218. The van der Waals surface area contributed by atoms with Gasteiger partial charge >= 0.3 is 0 Å². The number of rotatable bonds is 3. The lowest BCUT2D eigenvalue weighted by atomic mass is 10.1. The molecule has 3 rings (SSSR count). The summed E-state index contributed by atoms with van der Waals surface area (Å²) in [7, 11) is 0. The van der Waals surface area contributed by atoms with Crippen LogP contribution >= 0.6 is 27.3 Å². The number of hydrogen-bond acceptors (Lipinski definition) is 3. The van der Waals surface area contributed by atoms with Gasteiger partial charge in [-0.25, -0.2) is 0 Å². The molecule has 96 valence electrons. The van der Waals surface area contributed by atoms with E-state index in [-0.39, 0.29) is 6.04 Å². The fourth-order valence-electron chi connectivity index (χ4n) is 2.11. The average Bonchev–Trinajstić information content (AvgIpc) is 2.82. The van der Waals surface area contributed by atoms with Crippen molar-refractivity contribution in [3.05, 3.63) is 63.7 Å². The van der Waals surface area contributed by atoms with E-state index in [1.165, 1.54) is 15.0 Å². The largest absolute Gasteiger partial charge is 0.323 e. The van der Waals surface area contributed by atoms with Crippen LogP contribution in [0.15, 0.2) is 53.3 Å². The van der Waals surface area contributed by atoms with Gasteiger partial charge in [0, 0.05) is 32.5 Å². The van der Waals surface area contributed by atoms with Crippen molar-refractivity contribution in [2.24, 2.45) is 5.73 Å². The molecule has 0 aliphatic carbocycles. The Bertz CT molecular complexity index is 675. The molecular formula is C15H13BrN2S. The van der Waals surface area contributed by atoms with Gasteiger partial charge in [-0.15, -0.1) is 11.3 Å². The monoisotopic (exact) mass is 332 g/mol. The Kier molecular flexibility index (Phi) is 3.64. The summed E-state index contributed by atoms with van der Waals surface area (Å²) in [5.41, 5.74) is 7.46. The van der Waals surface area contributed by atoms with E-state index < -0.39 is 0 Å². The number of hydrogen-bond donors (Lipinski definition) is 1. The van der Waals surface area contributed by atoms with Crippen LogP contribution in [0.3, 0.4) is 0 Å². The van der Waals surface area contributed by atoms with E-state index in [1.54, 1.807) is 17.5 Å². The second-order valence-electron chi connectivity index (χ2n) is 4.51. The Labute approximate surface area is 124 Å². The molecule has 19 heavy (non-hydrogen) atoms. The summed E-state index contributed by atoms with van der Waals surface area (Å²) in [6, 6.07) is 12.7. The van der Waals surface area contributed by atoms with Crippen LogP contribution in [0.25, 0.3) is 10.1 Å². The first kappa shape index (κ1) is 12.8. The van der Waals surface area contributed by atoms with Gasteiger partial charge in [0.2, 0.25) is 0 Å². The zero-order valence-electron chi connectivity index (χ0n) is 10.2. The Morgan fingerprint density at radius 1 is 1.21 bits per heavy atom. The second-order valence-corrected chi connectivity index (χ2v) is 6.54. The summed E-state index contributed by atoms with van der Waals surface area (Å²) in [4.78, 5) is 5.40. The summed E-state index contributed by atoms with van der Waals surface area (Å²) in [6.07, 6.45) is 4.46. The number of aromatic nitrogens is 1. The minimum Gasteiger partial charge on any atom is -0.323 e. The third kappa shape index (κ3) is 2.86. The quantitative estimate of drug-likeness (QED) is 0.776. The van der Waals surface area contributed by atoms with Gasteiger partial charge in [0.15, 0.2) is 0 Å². The van der Waals surface area contributed by atoms with Crippen molar-refractivity contribution in [3.8, 4) is 0 Å². The Morgan fingerprint density at radius 2 is 2.05 bits per heavy atom. The maximum atomic E-state index is 6.31. The van der Waals surface area contributed by atoms with E-state index in [1.807, 2.05) is 6.20 Å². The van der Waals surface area contributed by atoms with Crippen LogP contribution in [0, 0.1) is 0 Å². The molecule has 2 nitrogen and oxygen atoms in total. The Morgan fingerprint density at radius 3 is 2.84 bits per heavy atom.